The first-order chi connectivity index (χ1) is 15.3. The molecule has 0 saturated carbocycles. The van der Waals surface area contributed by atoms with E-state index in [0.29, 0.717) is 45.6 Å². The van der Waals surface area contributed by atoms with Gasteiger partial charge in [0.2, 0.25) is 5.91 Å². The van der Waals surface area contributed by atoms with Gasteiger partial charge in [-0.2, -0.15) is 0 Å². The number of amides is 1. The minimum atomic E-state index is -2.55. The van der Waals surface area contributed by atoms with Gasteiger partial charge in [0.25, 0.3) is 5.92 Å². The monoisotopic (exact) mass is 451 g/mol. The molecule has 4 rings (SSSR count). The molecule has 1 atom stereocenters. The SMILES string of the molecule is O=C1CCCN1CCCOc1ccc(CN2CC[C@@](O)(CN3CCC(F)(F)CC3)C2)cc1. The second-order valence-corrected chi connectivity index (χ2v) is 9.65. The largest absolute Gasteiger partial charge is 0.494 e. The molecule has 3 heterocycles. The highest BCUT2D eigenvalue weighted by molar-refractivity contribution is 5.77. The summed E-state index contributed by atoms with van der Waals surface area (Å²) in [5.74, 6) is -1.48. The number of likely N-dealkylation sites (tertiary alicyclic amines) is 3. The molecule has 1 amide bonds. The van der Waals surface area contributed by atoms with E-state index in [2.05, 4.69) is 4.90 Å². The molecule has 3 aliphatic rings. The first-order valence-corrected chi connectivity index (χ1v) is 11.8. The molecule has 0 unspecified atom stereocenters. The third-order valence-corrected chi connectivity index (χ3v) is 6.86. The number of hydrogen-bond donors (Lipinski definition) is 1. The Kier molecular flexibility index (Phi) is 7.32. The fourth-order valence-electron chi connectivity index (χ4n) is 4.99. The highest BCUT2D eigenvalue weighted by atomic mass is 19.3. The third kappa shape index (κ3) is 6.39. The molecule has 1 N–H and O–H groups in total. The van der Waals surface area contributed by atoms with Crippen LogP contribution < -0.4 is 4.74 Å². The van der Waals surface area contributed by atoms with E-state index in [-0.39, 0.29) is 18.7 Å². The molecule has 3 fully saturated rings. The zero-order valence-corrected chi connectivity index (χ0v) is 18.8. The summed E-state index contributed by atoms with van der Waals surface area (Å²) < 4.78 is 32.5. The Morgan fingerprint density at radius 1 is 1.00 bits per heavy atom. The molecular weight excluding hydrogens is 416 g/mol. The number of β-amino-alcohol motifs (C(OH)–C–C–N with tert-alkyl or cyclic N) is 1. The van der Waals surface area contributed by atoms with E-state index >= 15 is 0 Å². The lowest BCUT2D eigenvalue weighted by molar-refractivity contribution is -0.127. The van der Waals surface area contributed by atoms with Crippen molar-refractivity contribution in [1.82, 2.24) is 14.7 Å². The van der Waals surface area contributed by atoms with Gasteiger partial charge in [-0.3, -0.25) is 14.6 Å². The topological polar surface area (TPSA) is 56.3 Å². The number of rotatable bonds is 9. The summed E-state index contributed by atoms with van der Waals surface area (Å²) >= 11 is 0. The normalized spacial score (nSPS) is 26.7. The molecule has 8 heteroatoms. The van der Waals surface area contributed by atoms with Crippen LogP contribution in [0.3, 0.4) is 0 Å². The van der Waals surface area contributed by atoms with Gasteiger partial charge < -0.3 is 14.7 Å². The van der Waals surface area contributed by atoms with E-state index < -0.39 is 11.5 Å². The summed E-state index contributed by atoms with van der Waals surface area (Å²) in [6.07, 6.45) is 2.91. The van der Waals surface area contributed by atoms with E-state index in [1.54, 1.807) is 0 Å². The summed E-state index contributed by atoms with van der Waals surface area (Å²) in [7, 11) is 0. The van der Waals surface area contributed by atoms with Crippen molar-refractivity contribution in [2.24, 2.45) is 0 Å². The van der Waals surface area contributed by atoms with Crippen molar-refractivity contribution in [3.05, 3.63) is 29.8 Å². The number of hydrogen-bond acceptors (Lipinski definition) is 5. The number of aliphatic hydroxyl groups is 1. The number of benzene rings is 1. The summed E-state index contributed by atoms with van der Waals surface area (Å²) in [5.41, 5.74) is 0.328. The van der Waals surface area contributed by atoms with Crippen molar-refractivity contribution >= 4 is 5.91 Å². The maximum Gasteiger partial charge on any atom is 0.250 e. The maximum absolute atomic E-state index is 13.4. The van der Waals surface area contributed by atoms with Gasteiger partial charge in [-0.15, -0.1) is 0 Å². The van der Waals surface area contributed by atoms with Gasteiger partial charge in [0.1, 0.15) is 5.75 Å². The van der Waals surface area contributed by atoms with Gasteiger partial charge in [-0.25, -0.2) is 8.78 Å². The molecule has 0 aromatic heterocycles. The zero-order valence-electron chi connectivity index (χ0n) is 18.8. The highest BCUT2D eigenvalue weighted by Crippen LogP contribution is 2.30. The Morgan fingerprint density at radius 2 is 1.72 bits per heavy atom. The van der Waals surface area contributed by atoms with Crippen molar-refractivity contribution in [2.45, 2.75) is 56.6 Å². The lowest BCUT2D eigenvalue weighted by Gasteiger charge is -2.36. The Hall–Kier alpha value is -1.77. The van der Waals surface area contributed by atoms with Gasteiger partial charge in [-0.05, 0) is 37.0 Å². The van der Waals surface area contributed by atoms with Crippen LogP contribution in [0.1, 0.15) is 44.1 Å². The molecule has 0 radical (unpaired) electrons. The molecule has 0 bridgehead atoms. The second kappa shape index (κ2) is 10.0. The average Bonchev–Trinajstić information content (AvgIpc) is 3.33. The van der Waals surface area contributed by atoms with Crippen LogP contribution in [0.5, 0.6) is 5.75 Å². The average molecular weight is 452 g/mol. The van der Waals surface area contributed by atoms with Crippen LogP contribution >= 0.6 is 0 Å². The Bertz CT molecular complexity index is 766. The zero-order chi connectivity index (χ0) is 22.6. The van der Waals surface area contributed by atoms with E-state index in [1.165, 1.54) is 0 Å². The quantitative estimate of drug-likeness (QED) is 0.585. The molecule has 0 spiro atoms. The number of carbonyl (C=O) groups is 1. The van der Waals surface area contributed by atoms with Gasteiger partial charge in [-0.1, -0.05) is 12.1 Å². The molecule has 3 aliphatic heterocycles. The lowest BCUT2D eigenvalue weighted by Crippen LogP contribution is -2.49. The number of nitrogens with zero attached hydrogens (tertiary/aromatic N) is 3. The summed E-state index contributed by atoms with van der Waals surface area (Å²) in [5, 5.41) is 11.0. The Balaban J connectivity index is 1.16. The summed E-state index contributed by atoms with van der Waals surface area (Å²) in [4.78, 5) is 17.7. The molecular formula is C24H35F2N3O3. The molecule has 0 aliphatic carbocycles. The van der Waals surface area contributed by atoms with Gasteiger partial charge in [0.15, 0.2) is 0 Å². The first kappa shape index (κ1) is 23.4. The van der Waals surface area contributed by atoms with Crippen LogP contribution in [-0.2, 0) is 11.3 Å². The third-order valence-electron chi connectivity index (χ3n) is 6.86. The van der Waals surface area contributed by atoms with E-state index in [4.69, 9.17) is 4.74 Å². The summed E-state index contributed by atoms with van der Waals surface area (Å²) in [6, 6.07) is 8.02. The van der Waals surface area contributed by atoms with E-state index in [9.17, 15) is 18.7 Å². The van der Waals surface area contributed by atoms with Crippen molar-refractivity contribution in [3.63, 3.8) is 0 Å². The fraction of sp³-hybridized carbons (Fsp3) is 0.708. The maximum atomic E-state index is 13.4. The van der Waals surface area contributed by atoms with Crippen molar-refractivity contribution < 1.29 is 23.4 Å². The van der Waals surface area contributed by atoms with E-state index in [1.807, 2.05) is 34.1 Å². The van der Waals surface area contributed by atoms with Crippen molar-refractivity contribution in [2.75, 3.05) is 52.4 Å². The Morgan fingerprint density at radius 3 is 2.41 bits per heavy atom. The number of piperidine rings is 1. The summed E-state index contributed by atoms with van der Waals surface area (Å²) in [6.45, 7) is 5.50. The molecule has 32 heavy (non-hydrogen) atoms. The van der Waals surface area contributed by atoms with Crippen LogP contribution in [0.4, 0.5) is 8.78 Å². The van der Waals surface area contributed by atoms with Gasteiger partial charge in [0, 0.05) is 71.6 Å². The molecule has 178 valence electrons. The lowest BCUT2D eigenvalue weighted by atomic mass is 10.00. The van der Waals surface area contributed by atoms with Crippen LogP contribution in [-0.4, -0.2) is 89.7 Å². The fourth-order valence-corrected chi connectivity index (χ4v) is 4.99. The second-order valence-electron chi connectivity index (χ2n) is 9.65. The smallest absolute Gasteiger partial charge is 0.250 e. The van der Waals surface area contributed by atoms with Gasteiger partial charge in [0.05, 0.1) is 12.2 Å². The van der Waals surface area contributed by atoms with Crippen LogP contribution in [0, 0.1) is 0 Å². The molecule has 1 aromatic rings. The number of ether oxygens (including phenoxy) is 1. The molecule has 6 nitrogen and oxygen atoms in total. The Labute approximate surface area is 189 Å². The number of alkyl halides is 2. The van der Waals surface area contributed by atoms with Crippen molar-refractivity contribution in [1.29, 1.82) is 0 Å². The number of halogens is 2. The van der Waals surface area contributed by atoms with Gasteiger partial charge >= 0.3 is 0 Å². The van der Waals surface area contributed by atoms with Crippen LogP contribution in [0.2, 0.25) is 0 Å². The minimum absolute atomic E-state index is 0.113. The minimum Gasteiger partial charge on any atom is -0.494 e. The number of carbonyl (C=O) groups excluding carboxylic acids is 1. The predicted molar refractivity (Wildman–Crippen MR) is 118 cm³/mol. The van der Waals surface area contributed by atoms with Crippen LogP contribution in [0.15, 0.2) is 24.3 Å². The predicted octanol–water partition coefficient (Wildman–Crippen LogP) is 2.75. The highest BCUT2D eigenvalue weighted by Gasteiger charge is 2.40. The van der Waals surface area contributed by atoms with Crippen LogP contribution in [0.25, 0.3) is 0 Å². The molecule has 1 aromatic carbocycles. The van der Waals surface area contributed by atoms with Crippen molar-refractivity contribution in [3.8, 4) is 5.75 Å². The molecule has 3 saturated heterocycles. The standard InChI is InChI=1S/C24H35F2N3O3/c25-24(26)9-14-27(15-10-24)18-23(31)8-13-28(19-23)17-20-4-6-21(7-5-20)32-16-2-12-29-11-1-3-22(29)30/h4-7,31H,1-3,8-19H2/t23-/m1/s1. The van der Waals surface area contributed by atoms with E-state index in [0.717, 1.165) is 50.3 Å². The first-order valence-electron chi connectivity index (χ1n) is 11.8.